The first-order valence-electron chi connectivity index (χ1n) is 12.9. The Labute approximate surface area is 260 Å². The fourth-order valence-corrected chi connectivity index (χ4v) is 6.59. The summed E-state index contributed by atoms with van der Waals surface area (Å²) >= 11 is 1.51. The molecule has 0 fully saturated rings. The Balaban J connectivity index is 0.000000805. The third-order valence-corrected chi connectivity index (χ3v) is 7.73. The molecule has 0 aliphatic heterocycles. The molecule has 6 rings (SSSR count). The van der Waals surface area contributed by atoms with Crippen LogP contribution < -0.4 is 29.6 Å². The van der Waals surface area contributed by atoms with E-state index in [2.05, 4.69) is 108 Å². The summed E-state index contributed by atoms with van der Waals surface area (Å²) in [4.78, 5) is 0. The molecule has 2 nitrogen and oxygen atoms in total. The van der Waals surface area contributed by atoms with Crippen molar-refractivity contribution in [2.75, 3.05) is 0 Å². The predicted octanol–water partition coefficient (Wildman–Crippen LogP) is 2.89. The van der Waals surface area contributed by atoms with E-state index >= 15 is 0 Å². The van der Waals surface area contributed by atoms with Crippen molar-refractivity contribution in [3.05, 3.63) is 96.1 Å². The van der Waals surface area contributed by atoms with Gasteiger partial charge in [-0.3, -0.25) is 0 Å². The van der Waals surface area contributed by atoms with Crippen LogP contribution in [0.2, 0.25) is 19.6 Å². The van der Waals surface area contributed by atoms with E-state index in [4.69, 9.17) is 9.16 Å². The molecule has 5 aromatic rings. The molecule has 0 saturated heterocycles. The predicted molar refractivity (Wildman–Crippen MR) is 157 cm³/mol. The summed E-state index contributed by atoms with van der Waals surface area (Å²) in [7, 11) is -1.74. The number of fused-ring (bicyclic) bond motifs is 6. The molecule has 1 atom stereocenters. The molecule has 39 heavy (non-hydrogen) atoms. The Morgan fingerprint density at radius 3 is 1.92 bits per heavy atom. The summed E-state index contributed by atoms with van der Waals surface area (Å²) in [5, 5.41) is 5.13. The van der Waals surface area contributed by atoms with E-state index in [1.807, 2.05) is 13.8 Å². The summed E-state index contributed by atoms with van der Waals surface area (Å²) < 4.78 is 15.0. The summed E-state index contributed by atoms with van der Waals surface area (Å²) in [6, 6.07) is 30.6. The Morgan fingerprint density at radius 1 is 0.795 bits per heavy atom. The zero-order valence-corrected chi connectivity index (χ0v) is 28.0. The molecule has 0 N–H and O–H groups in total. The molecule has 5 aromatic carbocycles. The molecule has 1 aliphatic rings. The molecule has 0 bridgehead atoms. The monoisotopic (exact) mass is 649 g/mol. The zero-order chi connectivity index (χ0) is 26.2. The fourth-order valence-electron chi connectivity index (χ4n) is 5.55. The molecule has 0 saturated carbocycles. The fraction of sp³-hybridized carbons (Fsp3) is 0.212. The van der Waals surface area contributed by atoms with Crippen molar-refractivity contribution in [3.8, 4) is 28.0 Å². The molecule has 0 heterocycles. The molecule has 1 unspecified atom stereocenters. The first-order valence-corrected chi connectivity index (χ1v) is 17.8. The summed E-state index contributed by atoms with van der Waals surface area (Å²) in [5.74, 6) is 0.902. The molecule has 0 spiro atoms. The standard InChI is InChI=1S/C31H29O2Si.C2H4.2ClH.Zr/c1-20(33-34(2,3)4)32-29-18-17-25-22-12-6-5-11-21(22)19-28(25)31(29)30-26-15-9-7-13-23(26)24-14-8-10-16-27(24)30;1-2;;;/h5-18,20H,19H2,1-4H3;1H,2H3;2*1H;/q-1;;;;+2/p-2. The Bertz CT molecular complexity index is 1550. The number of hydrogen-bond donors (Lipinski definition) is 0. The van der Waals surface area contributed by atoms with Crippen molar-refractivity contribution in [2.24, 2.45) is 0 Å². The maximum absolute atomic E-state index is 6.58. The number of ether oxygens (including phenoxy) is 1. The van der Waals surface area contributed by atoms with Gasteiger partial charge in [-0.1, -0.05) is 112 Å². The minimum absolute atomic E-state index is 0. The smallest absolute Gasteiger partial charge is 1.00 e. The Hall–Kier alpha value is -1.94. The minimum Gasteiger partial charge on any atom is -1.00 e. The van der Waals surface area contributed by atoms with Gasteiger partial charge in [-0.05, 0) is 61.3 Å². The van der Waals surface area contributed by atoms with Gasteiger partial charge in [-0.15, -0.1) is 0 Å². The third kappa shape index (κ3) is 6.37. The molecular weight excluding hydrogens is 619 g/mol. The first kappa shape index (κ1) is 31.6. The maximum atomic E-state index is 6.58. The van der Waals surface area contributed by atoms with Crippen LogP contribution in [0.25, 0.3) is 43.8 Å². The molecule has 0 aromatic heterocycles. The van der Waals surface area contributed by atoms with Crippen LogP contribution in [-0.4, -0.2) is 18.3 Å². The van der Waals surface area contributed by atoms with E-state index in [-0.39, 0.29) is 31.1 Å². The summed E-state index contributed by atoms with van der Waals surface area (Å²) in [6.45, 7) is 10.7. The number of hydrogen-bond acceptors (Lipinski definition) is 2. The number of rotatable bonds is 5. The quantitative estimate of drug-likeness (QED) is 0.162. The average molecular weight is 652 g/mol. The van der Waals surface area contributed by atoms with E-state index < -0.39 is 8.32 Å². The summed E-state index contributed by atoms with van der Waals surface area (Å²) in [5.41, 5.74) is 7.84. The van der Waals surface area contributed by atoms with E-state index in [1.165, 1.54) is 79.2 Å². The number of benzene rings is 4. The molecular formula is C33H33Cl2O2SiZr-. The topological polar surface area (TPSA) is 18.5 Å². The minimum atomic E-state index is -1.74. The van der Waals surface area contributed by atoms with Gasteiger partial charge < -0.3 is 34.0 Å². The van der Waals surface area contributed by atoms with Gasteiger partial charge in [0.1, 0.15) is 0 Å². The normalized spacial score (nSPS) is 12.4. The third-order valence-electron chi connectivity index (χ3n) is 6.69. The molecule has 0 radical (unpaired) electrons. The van der Waals surface area contributed by atoms with Crippen molar-refractivity contribution in [3.63, 3.8) is 0 Å². The molecule has 6 heteroatoms. The van der Waals surface area contributed by atoms with Crippen LogP contribution in [-0.2, 0) is 35.1 Å². The van der Waals surface area contributed by atoms with Crippen LogP contribution >= 0.6 is 0 Å². The van der Waals surface area contributed by atoms with Crippen molar-refractivity contribution in [1.82, 2.24) is 0 Å². The van der Waals surface area contributed by atoms with E-state index in [9.17, 15) is 0 Å². The molecule has 200 valence electrons. The van der Waals surface area contributed by atoms with Crippen molar-refractivity contribution in [2.45, 2.75) is 46.2 Å². The van der Waals surface area contributed by atoms with Crippen LogP contribution in [0.15, 0.2) is 84.9 Å². The Kier molecular flexibility index (Phi) is 10.6. The van der Waals surface area contributed by atoms with Crippen molar-refractivity contribution < 1.29 is 58.2 Å². The molecule has 0 amide bonds. The first-order chi connectivity index (χ1) is 17.8. The SMILES string of the molecule is CC(Oc1ccc2c(c1-[c-]1c3ccccc3c3ccccc31)Cc1ccccc1-2)O[Si](C)(C)C.C[CH]=[Zr+2].[Cl-].[Cl-]. The maximum Gasteiger partial charge on any atom is -1.00 e. The van der Waals surface area contributed by atoms with Crippen LogP contribution in [0.3, 0.4) is 0 Å². The van der Waals surface area contributed by atoms with Gasteiger partial charge in [0.25, 0.3) is 0 Å². The van der Waals surface area contributed by atoms with Crippen molar-refractivity contribution in [1.29, 1.82) is 0 Å². The average Bonchev–Trinajstić information content (AvgIpc) is 3.39. The van der Waals surface area contributed by atoms with E-state index in [0.717, 1.165) is 12.2 Å². The second-order valence-electron chi connectivity index (χ2n) is 10.5. The van der Waals surface area contributed by atoms with Gasteiger partial charge in [0.05, 0.1) is 5.75 Å². The number of halogens is 2. The molecule has 1 aliphatic carbocycles. The van der Waals surface area contributed by atoms with E-state index in [1.54, 1.807) is 0 Å². The summed E-state index contributed by atoms with van der Waals surface area (Å²) in [6.07, 6.45) is 0.606. The zero-order valence-electron chi connectivity index (χ0n) is 23.0. The van der Waals surface area contributed by atoms with E-state index in [0.29, 0.717) is 0 Å². The van der Waals surface area contributed by atoms with Crippen LogP contribution in [0, 0.1) is 0 Å². The second-order valence-corrected chi connectivity index (χ2v) is 16.3. The van der Waals surface area contributed by atoms with Gasteiger partial charge in [0.15, 0.2) is 14.6 Å². The van der Waals surface area contributed by atoms with Crippen molar-refractivity contribution >= 4 is 33.6 Å². The van der Waals surface area contributed by atoms with Crippen LogP contribution in [0.4, 0.5) is 0 Å². The van der Waals surface area contributed by atoms with Gasteiger partial charge in [-0.25, -0.2) is 0 Å². The van der Waals surface area contributed by atoms with Crippen LogP contribution in [0.5, 0.6) is 5.75 Å². The van der Waals surface area contributed by atoms with Crippen LogP contribution in [0.1, 0.15) is 25.0 Å². The van der Waals surface area contributed by atoms with Gasteiger partial charge in [0.2, 0.25) is 0 Å². The van der Waals surface area contributed by atoms with Gasteiger partial charge in [-0.2, -0.15) is 0 Å². The van der Waals surface area contributed by atoms with Gasteiger partial charge >= 0.3 is 34.9 Å². The second kappa shape index (κ2) is 13.1. The largest absolute Gasteiger partial charge is 1.00 e. The van der Waals surface area contributed by atoms with Gasteiger partial charge in [0, 0.05) is 0 Å². The Morgan fingerprint density at radius 2 is 1.33 bits per heavy atom.